The van der Waals surface area contributed by atoms with E-state index in [1.165, 1.54) is 4.90 Å². The number of nitrogens with one attached hydrogen (secondary N) is 1. The van der Waals surface area contributed by atoms with Crippen LogP contribution in [-0.2, 0) is 20.7 Å². The van der Waals surface area contributed by atoms with Gasteiger partial charge in [-0.05, 0) is 56.5 Å². The summed E-state index contributed by atoms with van der Waals surface area (Å²) in [5.74, 6) is -0.602. The minimum absolute atomic E-state index is 0.0532. The third kappa shape index (κ3) is 5.14. The van der Waals surface area contributed by atoms with E-state index in [-0.39, 0.29) is 17.9 Å². The third-order valence-electron chi connectivity index (χ3n) is 5.28. The largest absolute Gasteiger partial charge is 0.377 e. The zero-order chi connectivity index (χ0) is 21.8. The molecule has 2 aliphatic heterocycles. The first-order chi connectivity index (χ1) is 15.0. The van der Waals surface area contributed by atoms with Crippen LogP contribution >= 0.6 is 11.8 Å². The molecule has 1 unspecified atom stereocenters. The molecule has 0 radical (unpaired) electrons. The van der Waals surface area contributed by atoms with Gasteiger partial charge < -0.3 is 10.1 Å². The Kier molecular flexibility index (Phi) is 6.67. The van der Waals surface area contributed by atoms with Crippen LogP contribution in [0, 0.1) is 13.8 Å². The molecule has 1 fully saturated rings. The zero-order valence-corrected chi connectivity index (χ0v) is 18.6. The third-order valence-corrected chi connectivity index (χ3v) is 6.23. The second kappa shape index (κ2) is 9.62. The highest BCUT2D eigenvalue weighted by Crippen LogP contribution is 2.33. The molecule has 3 heterocycles. The van der Waals surface area contributed by atoms with E-state index in [9.17, 15) is 9.59 Å². The van der Waals surface area contributed by atoms with Crippen LogP contribution in [0.1, 0.15) is 29.8 Å². The van der Waals surface area contributed by atoms with Crippen molar-refractivity contribution < 1.29 is 14.3 Å². The van der Waals surface area contributed by atoms with E-state index in [4.69, 9.17) is 4.74 Å². The molecular formula is C23H26N4O3S. The first kappa shape index (κ1) is 21.5. The van der Waals surface area contributed by atoms with Crippen molar-refractivity contribution >= 4 is 23.6 Å². The molecule has 162 valence electrons. The molecule has 0 spiro atoms. The Hall–Kier alpha value is -2.71. The minimum Gasteiger partial charge on any atom is -0.377 e. The summed E-state index contributed by atoms with van der Waals surface area (Å²) in [6, 6.07) is 11.7. The molecule has 1 aromatic carbocycles. The molecule has 0 aliphatic carbocycles. The van der Waals surface area contributed by atoms with Crippen LogP contribution in [0.3, 0.4) is 0 Å². The van der Waals surface area contributed by atoms with E-state index >= 15 is 0 Å². The molecule has 2 aliphatic rings. The van der Waals surface area contributed by atoms with Crippen molar-refractivity contribution in [3.63, 3.8) is 0 Å². The number of carbonyl (C=O) groups excluding carboxylic acids is 2. The van der Waals surface area contributed by atoms with Crippen molar-refractivity contribution in [2.75, 3.05) is 19.7 Å². The maximum absolute atomic E-state index is 13.2. The van der Waals surface area contributed by atoms with E-state index in [1.54, 1.807) is 0 Å². The van der Waals surface area contributed by atoms with E-state index in [1.807, 2.05) is 50.2 Å². The van der Waals surface area contributed by atoms with Crippen molar-refractivity contribution in [3.8, 4) is 0 Å². The van der Waals surface area contributed by atoms with Crippen LogP contribution in [0.2, 0.25) is 0 Å². The Labute approximate surface area is 186 Å². The number of benzene rings is 1. The van der Waals surface area contributed by atoms with Crippen molar-refractivity contribution in [2.24, 2.45) is 0 Å². The van der Waals surface area contributed by atoms with Gasteiger partial charge in [0.15, 0.2) is 5.16 Å². The summed E-state index contributed by atoms with van der Waals surface area (Å²) in [5.41, 5.74) is 3.04. The van der Waals surface area contributed by atoms with Crippen molar-refractivity contribution in [1.29, 1.82) is 0 Å². The molecule has 1 saturated heterocycles. The maximum Gasteiger partial charge on any atom is 0.278 e. The smallest absolute Gasteiger partial charge is 0.278 e. The second-order valence-corrected chi connectivity index (χ2v) is 8.73. The molecule has 1 N–H and O–H groups in total. The first-order valence-corrected chi connectivity index (χ1v) is 11.3. The van der Waals surface area contributed by atoms with Crippen molar-refractivity contribution in [2.45, 2.75) is 44.4 Å². The Morgan fingerprint density at radius 3 is 2.55 bits per heavy atom. The average molecular weight is 439 g/mol. The van der Waals surface area contributed by atoms with Crippen LogP contribution in [0.15, 0.2) is 52.2 Å². The molecular weight excluding hydrogens is 412 g/mol. The topological polar surface area (TPSA) is 84.4 Å². The molecule has 2 aromatic rings. The highest BCUT2D eigenvalue weighted by atomic mass is 32.2. The van der Waals surface area contributed by atoms with Gasteiger partial charge in [-0.3, -0.25) is 14.5 Å². The predicted octanol–water partition coefficient (Wildman–Crippen LogP) is 2.78. The SMILES string of the molecule is Cc1cc(C)nc(SC2=C(NCC3CCCO3)C(=O)N(CCc3ccccc3)C2=O)n1. The molecule has 0 bridgehead atoms. The fourth-order valence-electron chi connectivity index (χ4n) is 3.74. The van der Waals surface area contributed by atoms with E-state index < -0.39 is 0 Å². The summed E-state index contributed by atoms with van der Waals surface area (Å²) in [7, 11) is 0. The standard InChI is InChI=1S/C23H26N4O3S/c1-15-13-16(2)26-23(25-15)31-20-19(24-14-18-9-6-12-30-18)21(28)27(22(20)29)11-10-17-7-4-3-5-8-17/h3-5,7-8,13,18,24H,6,9-12,14H2,1-2H3. The van der Waals surface area contributed by atoms with Crippen LogP contribution in [0.5, 0.6) is 0 Å². The van der Waals surface area contributed by atoms with Gasteiger partial charge in [0.1, 0.15) is 10.6 Å². The predicted molar refractivity (Wildman–Crippen MR) is 118 cm³/mol. The molecule has 7 nitrogen and oxygen atoms in total. The van der Waals surface area contributed by atoms with Gasteiger partial charge in [-0.1, -0.05) is 30.3 Å². The van der Waals surface area contributed by atoms with Gasteiger partial charge in [0.25, 0.3) is 11.8 Å². The lowest BCUT2D eigenvalue weighted by molar-refractivity contribution is -0.137. The molecule has 8 heteroatoms. The molecule has 2 amide bonds. The highest BCUT2D eigenvalue weighted by Gasteiger charge is 2.39. The number of ether oxygens (including phenoxy) is 1. The summed E-state index contributed by atoms with van der Waals surface area (Å²) in [6.45, 7) is 5.33. The Morgan fingerprint density at radius 2 is 1.87 bits per heavy atom. The van der Waals surface area contributed by atoms with Gasteiger partial charge in [-0.15, -0.1) is 0 Å². The lowest BCUT2D eigenvalue weighted by atomic mass is 10.1. The summed E-state index contributed by atoms with van der Waals surface area (Å²) in [4.78, 5) is 36.9. The summed E-state index contributed by atoms with van der Waals surface area (Å²) >= 11 is 1.15. The highest BCUT2D eigenvalue weighted by molar-refractivity contribution is 8.04. The Balaban J connectivity index is 1.55. The number of aryl methyl sites for hydroxylation is 2. The average Bonchev–Trinajstić information content (AvgIpc) is 3.33. The number of imide groups is 1. The summed E-state index contributed by atoms with van der Waals surface area (Å²) in [6.07, 6.45) is 2.62. The number of carbonyl (C=O) groups is 2. The van der Waals surface area contributed by atoms with Crippen molar-refractivity contribution in [3.05, 3.63) is 64.0 Å². The molecule has 1 atom stereocenters. The van der Waals surface area contributed by atoms with Crippen LogP contribution in [-0.4, -0.2) is 52.5 Å². The van der Waals surface area contributed by atoms with Gasteiger partial charge >= 0.3 is 0 Å². The van der Waals surface area contributed by atoms with Crippen molar-refractivity contribution in [1.82, 2.24) is 20.2 Å². The van der Waals surface area contributed by atoms with Crippen LogP contribution < -0.4 is 5.32 Å². The fraction of sp³-hybridized carbons (Fsp3) is 0.391. The minimum atomic E-state index is -0.302. The Bertz CT molecular complexity index is 983. The monoisotopic (exact) mass is 438 g/mol. The number of hydrogen-bond donors (Lipinski definition) is 1. The van der Waals surface area contributed by atoms with Gasteiger partial charge in [0.05, 0.1) is 6.10 Å². The van der Waals surface area contributed by atoms with Crippen LogP contribution in [0.4, 0.5) is 0 Å². The first-order valence-electron chi connectivity index (χ1n) is 10.5. The molecule has 4 rings (SSSR count). The molecule has 0 saturated carbocycles. The fourth-order valence-corrected chi connectivity index (χ4v) is 4.77. The van der Waals surface area contributed by atoms with E-state index in [0.29, 0.717) is 35.3 Å². The van der Waals surface area contributed by atoms with Gasteiger partial charge in [-0.25, -0.2) is 9.97 Å². The number of rotatable bonds is 8. The zero-order valence-electron chi connectivity index (χ0n) is 17.8. The van der Waals surface area contributed by atoms with Crippen LogP contribution in [0.25, 0.3) is 0 Å². The van der Waals surface area contributed by atoms with Gasteiger partial charge in [0.2, 0.25) is 0 Å². The number of amides is 2. The number of aromatic nitrogens is 2. The van der Waals surface area contributed by atoms with Gasteiger partial charge in [0, 0.05) is 31.1 Å². The van der Waals surface area contributed by atoms with E-state index in [2.05, 4.69) is 15.3 Å². The number of nitrogens with zero attached hydrogens (tertiary/aromatic N) is 3. The lowest BCUT2D eigenvalue weighted by Crippen LogP contribution is -2.36. The quantitative estimate of drug-likeness (QED) is 0.501. The van der Waals surface area contributed by atoms with Gasteiger partial charge in [-0.2, -0.15) is 0 Å². The maximum atomic E-state index is 13.2. The normalized spacial score (nSPS) is 18.9. The summed E-state index contributed by atoms with van der Waals surface area (Å²) in [5, 5.41) is 3.67. The molecule has 1 aromatic heterocycles. The number of hydrogen-bond acceptors (Lipinski definition) is 7. The lowest BCUT2D eigenvalue weighted by Gasteiger charge is -2.16. The second-order valence-electron chi connectivity index (χ2n) is 7.75. The van der Waals surface area contributed by atoms with E-state index in [0.717, 1.165) is 48.2 Å². The number of thioether (sulfide) groups is 1. The summed E-state index contributed by atoms with van der Waals surface area (Å²) < 4.78 is 5.67. The molecule has 31 heavy (non-hydrogen) atoms. The Morgan fingerprint density at radius 1 is 1.13 bits per heavy atom.